The molecule has 12 N–H and O–H groups in total. The van der Waals surface area contributed by atoms with Crippen molar-refractivity contribution in [3.05, 3.63) is 0 Å². The van der Waals surface area contributed by atoms with Gasteiger partial charge in [-0.2, -0.15) is 0 Å². The number of amides is 1. The first-order valence-corrected chi connectivity index (χ1v) is 12.1. The number of aliphatic hydroxyl groups excluding tert-OH is 7. The highest BCUT2D eigenvalue weighted by molar-refractivity contribution is 5.73. The second-order valence-electron chi connectivity index (χ2n) is 9.45. The predicted molar refractivity (Wildman–Crippen MR) is 122 cm³/mol. The second kappa shape index (κ2) is 13.5. The normalized spacial score (nSPS) is 48.0. The van der Waals surface area contributed by atoms with E-state index in [0.29, 0.717) is 0 Å². The minimum Gasteiger partial charge on any atom is -0.394 e. The molecule has 0 bridgehead atoms. The number of hydrogen-bond acceptors (Lipinski definition) is 16. The quantitative estimate of drug-likeness (QED) is 0.126. The SMILES string of the molecule is CO[C@H]1C(O)C(N)C(O[C@@H]2C(CO)OC(O[C@@H]3C(CO)O[C@@H](O)C(NC(C)=O)C3O)[C@@H](N)[C@H]2O)O[C@H]1CO. The van der Waals surface area contributed by atoms with E-state index in [1.807, 2.05) is 0 Å². The van der Waals surface area contributed by atoms with Gasteiger partial charge in [-0.15, -0.1) is 0 Å². The summed E-state index contributed by atoms with van der Waals surface area (Å²) in [4.78, 5) is 11.5. The van der Waals surface area contributed by atoms with E-state index in [9.17, 15) is 40.5 Å². The Morgan fingerprint density at radius 1 is 0.763 bits per heavy atom. The Bertz CT molecular complexity index is 765. The molecule has 38 heavy (non-hydrogen) atoms. The Hall–Kier alpha value is -1.13. The average molecular weight is 558 g/mol. The van der Waals surface area contributed by atoms with Crippen molar-refractivity contribution >= 4 is 5.91 Å². The van der Waals surface area contributed by atoms with E-state index >= 15 is 0 Å². The fourth-order valence-electron chi connectivity index (χ4n) is 4.83. The zero-order valence-corrected chi connectivity index (χ0v) is 20.9. The van der Waals surface area contributed by atoms with Gasteiger partial charge in [-0.3, -0.25) is 4.79 Å². The number of ether oxygens (including phenoxy) is 6. The number of methoxy groups -OCH3 is 1. The summed E-state index contributed by atoms with van der Waals surface area (Å²) in [6.07, 6.45) is -16.2. The van der Waals surface area contributed by atoms with Crippen molar-refractivity contribution < 1.29 is 69.0 Å². The van der Waals surface area contributed by atoms with Crippen LogP contribution in [0.25, 0.3) is 0 Å². The van der Waals surface area contributed by atoms with Gasteiger partial charge < -0.3 is 81.0 Å². The van der Waals surface area contributed by atoms with Crippen molar-refractivity contribution in [2.45, 2.75) is 98.9 Å². The number of nitrogens with two attached hydrogens (primary N) is 2. The van der Waals surface area contributed by atoms with E-state index in [1.165, 1.54) is 7.11 Å². The molecule has 8 unspecified atom stereocenters. The van der Waals surface area contributed by atoms with Crippen LogP contribution in [-0.4, -0.2) is 161 Å². The van der Waals surface area contributed by atoms with Gasteiger partial charge in [0.25, 0.3) is 0 Å². The first kappa shape index (κ1) is 31.4. The van der Waals surface area contributed by atoms with E-state index in [1.54, 1.807) is 0 Å². The summed E-state index contributed by atoms with van der Waals surface area (Å²) in [6, 6.07) is -3.84. The molecule has 15 atom stereocenters. The molecule has 0 spiro atoms. The Labute approximate surface area is 218 Å². The number of nitrogens with one attached hydrogen (secondary N) is 1. The van der Waals surface area contributed by atoms with Crippen LogP contribution < -0.4 is 16.8 Å². The van der Waals surface area contributed by atoms with E-state index in [4.69, 9.17) is 39.9 Å². The fraction of sp³-hybridized carbons (Fsp3) is 0.952. The maximum absolute atomic E-state index is 11.5. The van der Waals surface area contributed by atoms with Crippen LogP contribution in [0.4, 0.5) is 0 Å². The molecule has 0 radical (unpaired) electrons. The molecule has 3 fully saturated rings. The van der Waals surface area contributed by atoms with Gasteiger partial charge in [-0.25, -0.2) is 0 Å². The standard InChI is InChI=1S/C21H39N3O14/c1-6(28)24-12-15(31)18(8(4-26)34-19(12)32)38-21-11(23)14(30)17(9(5-27)36-21)37-20-10(22)13(29)16(33-2)7(3-25)35-20/h7-21,25-27,29-32H,3-5,22-23H2,1-2H3,(H,24,28)/t7-,8?,9?,10?,11-,12?,13?,14+,15?,16+,17+,18+,19+,20?,21?/m0/s1. The topological polar surface area (TPSA) is 278 Å². The molecular formula is C21H39N3O14. The lowest BCUT2D eigenvalue weighted by molar-refractivity contribution is -0.349. The Balaban J connectivity index is 1.74. The van der Waals surface area contributed by atoms with Gasteiger partial charge in [0.15, 0.2) is 18.9 Å². The van der Waals surface area contributed by atoms with Crippen LogP contribution in [0.2, 0.25) is 0 Å². The van der Waals surface area contributed by atoms with Gasteiger partial charge in [0, 0.05) is 14.0 Å². The summed E-state index contributed by atoms with van der Waals surface area (Å²) >= 11 is 0. The highest BCUT2D eigenvalue weighted by Gasteiger charge is 2.53. The van der Waals surface area contributed by atoms with E-state index < -0.39 is 118 Å². The summed E-state index contributed by atoms with van der Waals surface area (Å²) < 4.78 is 33.2. The number of carbonyl (C=O) groups is 1. The van der Waals surface area contributed by atoms with Crippen LogP contribution in [0, 0.1) is 0 Å². The van der Waals surface area contributed by atoms with Gasteiger partial charge in [-0.1, -0.05) is 0 Å². The molecule has 0 aliphatic carbocycles. The molecule has 17 nitrogen and oxygen atoms in total. The highest BCUT2D eigenvalue weighted by atomic mass is 16.7. The second-order valence-corrected chi connectivity index (χ2v) is 9.45. The lowest BCUT2D eigenvalue weighted by Gasteiger charge is -2.49. The van der Waals surface area contributed by atoms with Crippen molar-refractivity contribution in [2.75, 3.05) is 26.9 Å². The molecule has 0 aromatic rings. The summed E-state index contributed by atoms with van der Waals surface area (Å²) in [5.74, 6) is -0.576. The maximum Gasteiger partial charge on any atom is 0.217 e. The minimum atomic E-state index is -1.66. The van der Waals surface area contributed by atoms with Crippen molar-refractivity contribution in [1.29, 1.82) is 0 Å². The zero-order chi connectivity index (χ0) is 28.3. The van der Waals surface area contributed by atoms with Gasteiger partial charge >= 0.3 is 0 Å². The van der Waals surface area contributed by atoms with Crippen LogP contribution >= 0.6 is 0 Å². The number of carbonyl (C=O) groups excluding carboxylic acids is 1. The van der Waals surface area contributed by atoms with Crippen LogP contribution in [0.5, 0.6) is 0 Å². The molecule has 0 saturated carbocycles. The Morgan fingerprint density at radius 3 is 1.63 bits per heavy atom. The minimum absolute atomic E-state index is 0.531. The van der Waals surface area contributed by atoms with Gasteiger partial charge in [0.05, 0.1) is 31.9 Å². The summed E-state index contributed by atoms with van der Waals surface area (Å²) in [6.45, 7) is -0.770. The Morgan fingerprint density at radius 2 is 1.18 bits per heavy atom. The molecule has 3 aliphatic heterocycles. The first-order chi connectivity index (χ1) is 18.0. The largest absolute Gasteiger partial charge is 0.394 e. The average Bonchev–Trinajstić information content (AvgIpc) is 2.89. The predicted octanol–water partition coefficient (Wildman–Crippen LogP) is -6.84. The number of rotatable bonds is 9. The third-order valence-corrected chi connectivity index (χ3v) is 6.90. The lowest BCUT2D eigenvalue weighted by atomic mass is 9.94. The van der Waals surface area contributed by atoms with E-state index in [-0.39, 0.29) is 0 Å². The Kier molecular flexibility index (Phi) is 11.1. The molecule has 3 aliphatic rings. The fourth-order valence-corrected chi connectivity index (χ4v) is 4.83. The summed E-state index contributed by atoms with van der Waals surface area (Å²) in [5, 5.41) is 73.9. The van der Waals surface area contributed by atoms with Crippen LogP contribution in [-0.2, 0) is 33.2 Å². The zero-order valence-electron chi connectivity index (χ0n) is 20.9. The van der Waals surface area contributed by atoms with E-state index in [2.05, 4.69) is 5.32 Å². The molecule has 17 heteroatoms. The van der Waals surface area contributed by atoms with Gasteiger partial charge in [0.1, 0.15) is 61.0 Å². The van der Waals surface area contributed by atoms with Crippen LogP contribution in [0.1, 0.15) is 6.92 Å². The van der Waals surface area contributed by atoms with Gasteiger partial charge in [-0.05, 0) is 0 Å². The summed E-state index contributed by atoms with van der Waals surface area (Å²) in [5.41, 5.74) is 12.2. The molecular weight excluding hydrogens is 518 g/mol. The number of hydrogen-bond donors (Lipinski definition) is 10. The molecule has 222 valence electrons. The van der Waals surface area contributed by atoms with Crippen LogP contribution in [0.15, 0.2) is 0 Å². The van der Waals surface area contributed by atoms with Gasteiger partial charge in [0.2, 0.25) is 5.91 Å². The molecule has 3 heterocycles. The van der Waals surface area contributed by atoms with Crippen molar-refractivity contribution in [1.82, 2.24) is 5.32 Å². The molecule has 3 saturated heterocycles. The molecule has 3 rings (SSSR count). The first-order valence-electron chi connectivity index (χ1n) is 12.1. The highest BCUT2D eigenvalue weighted by Crippen LogP contribution is 2.31. The maximum atomic E-state index is 11.5. The number of aliphatic hydroxyl groups is 7. The third kappa shape index (κ3) is 6.43. The monoisotopic (exact) mass is 557 g/mol. The third-order valence-electron chi connectivity index (χ3n) is 6.90. The van der Waals surface area contributed by atoms with Crippen molar-refractivity contribution in [3.63, 3.8) is 0 Å². The summed E-state index contributed by atoms with van der Waals surface area (Å²) in [7, 11) is 1.31. The molecule has 0 aromatic heterocycles. The van der Waals surface area contributed by atoms with Crippen molar-refractivity contribution in [3.8, 4) is 0 Å². The molecule has 0 aromatic carbocycles. The smallest absolute Gasteiger partial charge is 0.217 e. The van der Waals surface area contributed by atoms with Crippen molar-refractivity contribution in [2.24, 2.45) is 11.5 Å². The molecule has 1 amide bonds. The van der Waals surface area contributed by atoms with Crippen LogP contribution in [0.3, 0.4) is 0 Å². The lowest BCUT2D eigenvalue weighted by Crippen LogP contribution is -2.69. The van der Waals surface area contributed by atoms with E-state index in [0.717, 1.165) is 6.92 Å².